The van der Waals surface area contributed by atoms with E-state index in [1.165, 1.54) is 0 Å². The fourth-order valence-electron chi connectivity index (χ4n) is 4.59. The highest BCUT2D eigenvalue weighted by Gasteiger charge is 2.51. The SMILES string of the molecule is CC(C)S(=O)(=O)N(CC1CC1)C(C)(C)C(C)(C)CCC(C)(C)S(=O)(=O)N(CC1CC1)[C@@H](C)C(C)(C)C. The minimum absolute atomic E-state index is 0.1000. The van der Waals surface area contributed by atoms with Gasteiger partial charge >= 0.3 is 0 Å². The van der Waals surface area contributed by atoms with Gasteiger partial charge in [-0.05, 0) is 110 Å². The van der Waals surface area contributed by atoms with Crippen LogP contribution in [0.5, 0.6) is 0 Å². The summed E-state index contributed by atoms with van der Waals surface area (Å²) in [4.78, 5) is 0. The molecule has 36 heavy (non-hydrogen) atoms. The molecule has 0 unspecified atom stereocenters. The van der Waals surface area contributed by atoms with Crippen molar-refractivity contribution in [3.05, 3.63) is 0 Å². The van der Waals surface area contributed by atoms with Crippen LogP contribution >= 0.6 is 0 Å². The summed E-state index contributed by atoms with van der Waals surface area (Å²) in [5.41, 5.74) is -1.23. The second kappa shape index (κ2) is 10.4. The van der Waals surface area contributed by atoms with Crippen molar-refractivity contribution in [2.24, 2.45) is 22.7 Å². The number of nitrogens with zero attached hydrogens (tertiary/aromatic N) is 2. The average molecular weight is 549 g/mol. The van der Waals surface area contributed by atoms with Crippen LogP contribution in [0, 0.1) is 22.7 Å². The quantitative estimate of drug-likeness (QED) is 0.256. The van der Waals surface area contributed by atoms with Crippen molar-refractivity contribution in [2.45, 2.75) is 143 Å². The molecule has 0 amide bonds. The first-order valence-corrected chi connectivity index (χ1v) is 17.0. The van der Waals surface area contributed by atoms with Crippen molar-refractivity contribution in [1.29, 1.82) is 0 Å². The van der Waals surface area contributed by atoms with Crippen LogP contribution in [0.1, 0.15) is 122 Å². The third-order valence-electron chi connectivity index (χ3n) is 9.48. The fourth-order valence-corrected chi connectivity index (χ4v) is 8.54. The molecule has 0 N–H and O–H groups in total. The maximum Gasteiger partial charge on any atom is 0.219 e. The molecule has 2 aliphatic rings. The summed E-state index contributed by atoms with van der Waals surface area (Å²) in [7, 11) is -7.03. The molecule has 214 valence electrons. The monoisotopic (exact) mass is 548 g/mol. The highest BCUT2D eigenvalue weighted by atomic mass is 32.2. The molecule has 2 saturated carbocycles. The summed E-state index contributed by atoms with van der Waals surface area (Å²) >= 11 is 0. The normalized spacial score (nSPS) is 20.0. The Morgan fingerprint density at radius 1 is 0.722 bits per heavy atom. The molecule has 0 aromatic heterocycles. The van der Waals surface area contributed by atoms with E-state index in [1.54, 1.807) is 22.5 Å². The summed E-state index contributed by atoms with van der Waals surface area (Å²) in [6, 6.07) is -0.1000. The second-order valence-corrected chi connectivity index (χ2v) is 19.8. The predicted octanol–water partition coefficient (Wildman–Crippen LogP) is 6.28. The standard InChI is InChI=1S/C28H56N2O4S2/c1-21(2)35(31,32)30(20-24-15-16-24)28(11,12)26(7,8)17-18-27(9,10)36(33,34)29(19-23-13-14-23)22(3)25(4,5)6/h21-24H,13-20H2,1-12H3/t22-/m0/s1. The smallest absolute Gasteiger partial charge is 0.212 e. The molecule has 0 bridgehead atoms. The Hall–Kier alpha value is -0.180. The van der Waals surface area contributed by atoms with Crippen LogP contribution in [0.2, 0.25) is 0 Å². The fraction of sp³-hybridized carbons (Fsp3) is 1.00. The van der Waals surface area contributed by atoms with Gasteiger partial charge in [0.25, 0.3) is 0 Å². The van der Waals surface area contributed by atoms with E-state index in [0.717, 1.165) is 25.7 Å². The Morgan fingerprint density at radius 2 is 1.17 bits per heavy atom. The van der Waals surface area contributed by atoms with Gasteiger partial charge in [-0.2, -0.15) is 8.61 Å². The molecule has 2 rings (SSSR count). The van der Waals surface area contributed by atoms with E-state index in [4.69, 9.17) is 0 Å². The number of rotatable bonds is 14. The molecule has 2 fully saturated rings. The molecule has 0 spiro atoms. The number of hydrogen-bond donors (Lipinski definition) is 0. The lowest BCUT2D eigenvalue weighted by atomic mass is 9.70. The lowest BCUT2D eigenvalue weighted by molar-refractivity contribution is 0.0587. The molecule has 2 aliphatic carbocycles. The second-order valence-electron chi connectivity index (χ2n) is 14.8. The van der Waals surface area contributed by atoms with Gasteiger partial charge in [-0.3, -0.25) is 0 Å². The Balaban J connectivity index is 2.31. The van der Waals surface area contributed by atoms with E-state index < -0.39 is 41.0 Å². The van der Waals surface area contributed by atoms with Crippen molar-refractivity contribution in [3.63, 3.8) is 0 Å². The molecule has 8 heteroatoms. The average Bonchev–Trinajstić information content (AvgIpc) is 3.62. The largest absolute Gasteiger partial charge is 0.219 e. The number of sulfonamides is 2. The van der Waals surface area contributed by atoms with Crippen LogP contribution in [0.3, 0.4) is 0 Å². The maximum absolute atomic E-state index is 14.1. The van der Waals surface area contributed by atoms with Crippen molar-refractivity contribution in [2.75, 3.05) is 13.1 Å². The Labute approximate surface area is 224 Å². The molecular formula is C28H56N2O4S2. The zero-order valence-electron chi connectivity index (χ0n) is 25.3. The first kappa shape index (κ1) is 32.0. The van der Waals surface area contributed by atoms with Crippen molar-refractivity contribution >= 4 is 20.0 Å². The molecular weight excluding hydrogens is 492 g/mol. The van der Waals surface area contributed by atoms with Gasteiger partial charge in [0.2, 0.25) is 20.0 Å². The van der Waals surface area contributed by atoms with E-state index in [0.29, 0.717) is 37.8 Å². The lowest BCUT2D eigenvalue weighted by Gasteiger charge is -2.50. The minimum atomic E-state index is -3.58. The number of hydrogen-bond acceptors (Lipinski definition) is 4. The maximum atomic E-state index is 14.1. The Bertz CT molecular complexity index is 968. The summed E-state index contributed by atoms with van der Waals surface area (Å²) in [6.07, 6.45) is 5.45. The highest BCUT2D eigenvalue weighted by Crippen LogP contribution is 2.46. The van der Waals surface area contributed by atoms with Crippen LogP contribution in [0.4, 0.5) is 0 Å². The Morgan fingerprint density at radius 3 is 1.56 bits per heavy atom. The van der Waals surface area contributed by atoms with E-state index in [9.17, 15) is 16.8 Å². The highest BCUT2D eigenvalue weighted by molar-refractivity contribution is 7.90. The summed E-state index contributed by atoms with van der Waals surface area (Å²) in [5.74, 6) is 0.897. The molecule has 0 aliphatic heterocycles. The van der Waals surface area contributed by atoms with Gasteiger partial charge in [0.05, 0.1) is 10.00 Å². The van der Waals surface area contributed by atoms with Gasteiger partial charge < -0.3 is 0 Å². The third kappa shape index (κ3) is 6.87. The lowest BCUT2D eigenvalue weighted by Crippen LogP contribution is -2.59. The zero-order valence-corrected chi connectivity index (χ0v) is 26.9. The van der Waals surface area contributed by atoms with Crippen molar-refractivity contribution in [1.82, 2.24) is 8.61 Å². The van der Waals surface area contributed by atoms with Crippen LogP contribution in [-0.2, 0) is 20.0 Å². The van der Waals surface area contributed by atoms with Crippen LogP contribution < -0.4 is 0 Å². The van der Waals surface area contributed by atoms with Gasteiger partial charge in [0, 0.05) is 24.7 Å². The van der Waals surface area contributed by atoms with Crippen LogP contribution in [-0.4, -0.2) is 60.1 Å². The molecule has 0 saturated heterocycles. The molecule has 0 aromatic carbocycles. The van der Waals surface area contributed by atoms with Crippen molar-refractivity contribution < 1.29 is 16.8 Å². The molecule has 0 radical (unpaired) electrons. The van der Waals surface area contributed by atoms with E-state index >= 15 is 0 Å². The van der Waals surface area contributed by atoms with Crippen molar-refractivity contribution in [3.8, 4) is 0 Å². The third-order valence-corrected chi connectivity index (χ3v) is 14.6. The molecule has 1 atom stereocenters. The van der Waals surface area contributed by atoms with Crippen LogP contribution in [0.15, 0.2) is 0 Å². The molecule has 0 aromatic rings. The Kier molecular flexibility index (Phi) is 9.27. The first-order valence-electron chi connectivity index (χ1n) is 14.0. The van der Waals surface area contributed by atoms with Gasteiger partial charge in [-0.15, -0.1) is 0 Å². The van der Waals surface area contributed by atoms with Gasteiger partial charge in [-0.25, -0.2) is 16.8 Å². The van der Waals surface area contributed by atoms with E-state index in [2.05, 4.69) is 34.6 Å². The van der Waals surface area contributed by atoms with Gasteiger partial charge in [0.1, 0.15) is 0 Å². The zero-order chi connectivity index (χ0) is 28.1. The first-order chi connectivity index (χ1) is 16.0. The van der Waals surface area contributed by atoms with E-state index in [-0.39, 0.29) is 11.5 Å². The molecule has 0 heterocycles. The van der Waals surface area contributed by atoms with Crippen LogP contribution in [0.25, 0.3) is 0 Å². The van der Waals surface area contributed by atoms with E-state index in [1.807, 2.05) is 34.6 Å². The summed E-state index contributed by atoms with van der Waals surface area (Å²) < 4.78 is 57.7. The van der Waals surface area contributed by atoms with Gasteiger partial charge in [-0.1, -0.05) is 34.6 Å². The topological polar surface area (TPSA) is 74.8 Å². The minimum Gasteiger partial charge on any atom is -0.212 e. The molecule has 6 nitrogen and oxygen atoms in total. The van der Waals surface area contributed by atoms with Gasteiger partial charge in [0.15, 0.2) is 0 Å². The predicted molar refractivity (Wildman–Crippen MR) is 152 cm³/mol. The summed E-state index contributed by atoms with van der Waals surface area (Å²) in [6.45, 7) is 25.0. The summed E-state index contributed by atoms with van der Waals surface area (Å²) in [5, 5.41) is -0.488.